The molecular weight excluding hydrogens is 388 g/mol. The van der Waals surface area contributed by atoms with Crippen molar-refractivity contribution in [2.45, 2.75) is 72.6 Å². The molecule has 0 bridgehead atoms. The van der Waals surface area contributed by atoms with Gasteiger partial charge in [0.15, 0.2) is 0 Å². The first-order valence-corrected chi connectivity index (χ1v) is 12.2. The fourth-order valence-electron chi connectivity index (χ4n) is 5.11. The molecule has 0 fully saturated rings. The zero-order valence-electron chi connectivity index (χ0n) is 20.8. The lowest BCUT2D eigenvalue weighted by Gasteiger charge is -2.30. The fourth-order valence-corrected chi connectivity index (χ4v) is 5.11. The minimum atomic E-state index is 0.471. The summed E-state index contributed by atoms with van der Waals surface area (Å²) in [4.78, 5) is 5.13. The zero-order chi connectivity index (χ0) is 23.0. The third-order valence-corrected chi connectivity index (χ3v) is 6.78. The highest BCUT2D eigenvalue weighted by Gasteiger charge is 2.33. The van der Waals surface area contributed by atoms with Gasteiger partial charge >= 0.3 is 0 Å². The molecule has 4 rings (SSSR count). The van der Waals surface area contributed by atoms with E-state index in [1.165, 1.54) is 45.0 Å². The Kier molecular flexibility index (Phi) is 6.33. The van der Waals surface area contributed by atoms with Crippen LogP contribution < -0.4 is 9.80 Å². The Morgan fingerprint density at radius 3 is 1.50 bits per heavy atom. The number of hydrogen-bond acceptors (Lipinski definition) is 2. The second-order valence-corrected chi connectivity index (χ2v) is 9.94. The summed E-state index contributed by atoms with van der Waals surface area (Å²) in [5.74, 6) is 1.42. The maximum atomic E-state index is 2.57. The third-order valence-electron chi connectivity index (χ3n) is 6.78. The van der Waals surface area contributed by atoms with E-state index < -0.39 is 0 Å². The van der Waals surface area contributed by atoms with Crippen LogP contribution in [0.25, 0.3) is 0 Å². The van der Waals surface area contributed by atoms with Crippen LogP contribution in [-0.4, -0.2) is 6.67 Å². The molecule has 2 nitrogen and oxygen atoms in total. The largest absolute Gasteiger partial charge is 0.320 e. The van der Waals surface area contributed by atoms with Crippen LogP contribution in [0, 0.1) is 0 Å². The van der Waals surface area contributed by atoms with E-state index >= 15 is 0 Å². The Morgan fingerprint density at radius 1 is 0.594 bits per heavy atom. The van der Waals surface area contributed by atoms with Crippen LogP contribution >= 0.6 is 0 Å². The molecule has 2 heteroatoms. The van der Waals surface area contributed by atoms with Gasteiger partial charge in [-0.15, -0.1) is 0 Å². The number of nitrogens with zero attached hydrogens (tertiary/aromatic N) is 2. The van der Waals surface area contributed by atoms with Crippen LogP contribution in [0.4, 0.5) is 22.7 Å². The van der Waals surface area contributed by atoms with Crippen LogP contribution in [-0.2, 0) is 6.42 Å². The predicted molar refractivity (Wildman–Crippen MR) is 140 cm³/mol. The standard InChI is InChI=1S/C30H38N2/c1-8-23-13-11-14-24(20(2)3)29(23)31-19-32(28-18-10-9-17-27(28)31)30-25(21(4)5)15-12-16-26(30)22(6)7/h9-18,20-22H,8,19H2,1-7H3. The molecule has 3 aromatic carbocycles. The van der Waals surface area contributed by atoms with Crippen molar-refractivity contribution in [2.75, 3.05) is 16.5 Å². The third kappa shape index (κ3) is 3.81. The Hall–Kier alpha value is -2.74. The predicted octanol–water partition coefficient (Wildman–Crippen LogP) is 8.87. The van der Waals surface area contributed by atoms with Crippen LogP contribution in [0.5, 0.6) is 0 Å². The molecule has 0 saturated heterocycles. The molecule has 1 aliphatic heterocycles. The van der Waals surface area contributed by atoms with E-state index in [4.69, 9.17) is 0 Å². The van der Waals surface area contributed by atoms with Gasteiger partial charge in [-0.3, -0.25) is 0 Å². The lowest BCUT2D eigenvalue weighted by atomic mass is 9.92. The maximum Gasteiger partial charge on any atom is 0.100 e. The van der Waals surface area contributed by atoms with Crippen LogP contribution in [0.1, 0.15) is 88.5 Å². The van der Waals surface area contributed by atoms with Gasteiger partial charge in [0.1, 0.15) is 6.67 Å². The maximum absolute atomic E-state index is 2.57. The average molecular weight is 427 g/mol. The van der Waals surface area contributed by atoms with Gasteiger partial charge in [-0.25, -0.2) is 0 Å². The Labute approximate surface area is 194 Å². The molecule has 0 N–H and O–H groups in total. The summed E-state index contributed by atoms with van der Waals surface area (Å²) >= 11 is 0. The minimum absolute atomic E-state index is 0.471. The van der Waals surface area contributed by atoms with E-state index in [9.17, 15) is 0 Å². The average Bonchev–Trinajstić information content (AvgIpc) is 3.16. The molecule has 0 radical (unpaired) electrons. The molecule has 3 aromatic rings. The molecule has 0 aromatic heterocycles. The molecule has 0 atom stereocenters. The highest BCUT2D eigenvalue weighted by atomic mass is 15.4. The fraction of sp³-hybridized carbons (Fsp3) is 0.400. The van der Waals surface area contributed by atoms with Crippen LogP contribution in [0.3, 0.4) is 0 Å². The van der Waals surface area contributed by atoms with Crippen LogP contribution in [0.2, 0.25) is 0 Å². The molecule has 0 amide bonds. The van der Waals surface area contributed by atoms with Gasteiger partial charge in [-0.05, 0) is 58.6 Å². The molecular formula is C30H38N2. The van der Waals surface area contributed by atoms with E-state index in [1.807, 2.05) is 0 Å². The van der Waals surface area contributed by atoms with Gasteiger partial charge in [-0.1, -0.05) is 97.0 Å². The van der Waals surface area contributed by atoms with Crippen molar-refractivity contribution in [1.29, 1.82) is 0 Å². The van der Waals surface area contributed by atoms with Crippen LogP contribution in [0.15, 0.2) is 60.7 Å². The molecule has 0 unspecified atom stereocenters. The second kappa shape index (κ2) is 9.02. The van der Waals surface area contributed by atoms with Gasteiger partial charge in [0.05, 0.1) is 11.4 Å². The highest BCUT2D eigenvalue weighted by molar-refractivity contribution is 5.90. The van der Waals surface area contributed by atoms with Gasteiger partial charge in [0, 0.05) is 11.4 Å². The summed E-state index contributed by atoms with van der Waals surface area (Å²) in [6, 6.07) is 22.6. The van der Waals surface area contributed by atoms with E-state index in [-0.39, 0.29) is 0 Å². The van der Waals surface area contributed by atoms with Crippen molar-refractivity contribution in [3.05, 3.63) is 82.9 Å². The first-order chi connectivity index (χ1) is 15.3. The molecule has 1 aliphatic rings. The quantitative estimate of drug-likeness (QED) is 0.388. The highest BCUT2D eigenvalue weighted by Crippen LogP contribution is 2.49. The van der Waals surface area contributed by atoms with Crippen molar-refractivity contribution in [2.24, 2.45) is 0 Å². The lowest BCUT2D eigenvalue weighted by Crippen LogP contribution is -2.27. The summed E-state index contributed by atoms with van der Waals surface area (Å²) in [5, 5.41) is 0. The van der Waals surface area contributed by atoms with Crippen molar-refractivity contribution in [1.82, 2.24) is 0 Å². The van der Waals surface area contributed by atoms with E-state index in [0.29, 0.717) is 17.8 Å². The van der Waals surface area contributed by atoms with Gasteiger partial charge in [0.2, 0.25) is 0 Å². The molecule has 0 aliphatic carbocycles. The Morgan fingerprint density at radius 2 is 1.03 bits per heavy atom. The van der Waals surface area contributed by atoms with Gasteiger partial charge in [-0.2, -0.15) is 0 Å². The number of rotatable bonds is 6. The van der Waals surface area contributed by atoms with E-state index in [0.717, 1.165) is 13.1 Å². The van der Waals surface area contributed by atoms with Crippen molar-refractivity contribution >= 4 is 22.7 Å². The Balaban J connectivity index is 1.94. The van der Waals surface area contributed by atoms with Gasteiger partial charge in [0.25, 0.3) is 0 Å². The summed E-state index contributed by atoms with van der Waals surface area (Å²) in [7, 11) is 0. The van der Waals surface area contributed by atoms with Crippen molar-refractivity contribution in [3.63, 3.8) is 0 Å². The number of hydrogen-bond donors (Lipinski definition) is 0. The summed E-state index contributed by atoms with van der Waals surface area (Å²) in [6.07, 6.45) is 1.04. The number of benzene rings is 3. The first-order valence-electron chi connectivity index (χ1n) is 12.2. The minimum Gasteiger partial charge on any atom is -0.320 e. The topological polar surface area (TPSA) is 6.48 Å². The summed E-state index contributed by atoms with van der Waals surface area (Å²) in [6.45, 7) is 17.0. The molecule has 0 saturated carbocycles. The molecule has 32 heavy (non-hydrogen) atoms. The number of fused-ring (bicyclic) bond motifs is 1. The number of para-hydroxylation sites is 4. The van der Waals surface area contributed by atoms with Crippen molar-refractivity contribution in [3.8, 4) is 0 Å². The molecule has 0 spiro atoms. The summed E-state index contributed by atoms with van der Waals surface area (Å²) in [5.41, 5.74) is 11.1. The monoisotopic (exact) mass is 426 g/mol. The second-order valence-electron chi connectivity index (χ2n) is 9.94. The van der Waals surface area contributed by atoms with E-state index in [2.05, 4.69) is 119 Å². The number of anilines is 4. The lowest BCUT2D eigenvalue weighted by molar-refractivity contribution is 0.815. The van der Waals surface area contributed by atoms with Gasteiger partial charge < -0.3 is 9.80 Å². The smallest absolute Gasteiger partial charge is 0.100 e. The van der Waals surface area contributed by atoms with E-state index in [1.54, 1.807) is 0 Å². The van der Waals surface area contributed by atoms with Crippen molar-refractivity contribution < 1.29 is 0 Å². The SMILES string of the molecule is CCc1cccc(C(C)C)c1N1CN(c2c(C(C)C)cccc2C(C)C)c2ccccc21. The molecule has 168 valence electrons. The number of aryl methyl sites for hydroxylation is 1. The molecule has 1 heterocycles. The Bertz CT molecular complexity index is 1070. The zero-order valence-corrected chi connectivity index (χ0v) is 20.8. The first kappa shape index (κ1) is 22.5. The normalized spacial score (nSPS) is 13.6. The summed E-state index contributed by atoms with van der Waals surface area (Å²) < 4.78 is 0.